The van der Waals surface area contributed by atoms with Crippen molar-refractivity contribution in [3.63, 3.8) is 0 Å². The van der Waals surface area contributed by atoms with Crippen molar-refractivity contribution >= 4 is 23.2 Å². The summed E-state index contributed by atoms with van der Waals surface area (Å²) >= 11 is 5.98. The fourth-order valence-corrected chi connectivity index (χ4v) is 4.79. The molecule has 0 spiro atoms. The smallest absolute Gasteiger partial charge is 0.288 e. The highest BCUT2D eigenvalue weighted by molar-refractivity contribution is 6.32. The second kappa shape index (κ2) is 10.2. The Bertz CT molecular complexity index is 1150. The van der Waals surface area contributed by atoms with Gasteiger partial charge < -0.3 is 9.47 Å². The van der Waals surface area contributed by atoms with Gasteiger partial charge in [0.05, 0.1) is 11.5 Å². The summed E-state index contributed by atoms with van der Waals surface area (Å²) in [7, 11) is 0. The third-order valence-electron chi connectivity index (χ3n) is 6.52. The molecule has 1 saturated carbocycles. The Morgan fingerprint density at radius 2 is 1.88 bits per heavy atom. The zero-order valence-corrected chi connectivity index (χ0v) is 19.5. The molecule has 0 unspecified atom stereocenters. The van der Waals surface area contributed by atoms with Crippen LogP contribution in [0.25, 0.3) is 0 Å². The van der Waals surface area contributed by atoms with E-state index in [4.69, 9.17) is 11.6 Å². The molecule has 1 aliphatic rings. The van der Waals surface area contributed by atoms with Crippen LogP contribution >= 0.6 is 11.6 Å². The SMILES string of the molecule is Cc1ccccc1Cn1cccc1CN(C(=O)c1ccc(Cl)c([N+](=O)[O-])c1)C1CCCCC1. The van der Waals surface area contributed by atoms with Gasteiger partial charge in [-0.2, -0.15) is 0 Å². The van der Waals surface area contributed by atoms with Gasteiger partial charge in [-0.05, 0) is 55.2 Å². The lowest BCUT2D eigenvalue weighted by atomic mass is 9.93. The lowest BCUT2D eigenvalue weighted by Gasteiger charge is -2.35. The number of carbonyl (C=O) groups excluding carboxylic acids is 1. The van der Waals surface area contributed by atoms with Crippen molar-refractivity contribution in [1.82, 2.24) is 9.47 Å². The molecule has 1 amide bonds. The molecule has 0 radical (unpaired) electrons. The van der Waals surface area contributed by atoms with Crippen LogP contribution in [-0.4, -0.2) is 26.3 Å². The molecule has 0 atom stereocenters. The molecule has 0 bridgehead atoms. The van der Waals surface area contributed by atoms with Gasteiger partial charge in [0.2, 0.25) is 0 Å². The van der Waals surface area contributed by atoms with Crippen LogP contribution in [0.3, 0.4) is 0 Å². The van der Waals surface area contributed by atoms with Gasteiger partial charge in [-0.15, -0.1) is 0 Å². The van der Waals surface area contributed by atoms with Crippen LogP contribution in [0.2, 0.25) is 5.02 Å². The lowest BCUT2D eigenvalue weighted by molar-refractivity contribution is -0.384. The first kappa shape index (κ1) is 23.1. The Morgan fingerprint density at radius 3 is 2.61 bits per heavy atom. The molecule has 4 rings (SSSR count). The molecule has 0 aliphatic heterocycles. The average molecular weight is 466 g/mol. The van der Waals surface area contributed by atoms with E-state index in [9.17, 15) is 14.9 Å². The van der Waals surface area contributed by atoms with Gasteiger partial charge in [-0.25, -0.2) is 0 Å². The Hall–Kier alpha value is -3.12. The minimum atomic E-state index is -0.544. The number of carbonyl (C=O) groups is 1. The molecule has 1 fully saturated rings. The highest BCUT2D eigenvalue weighted by Gasteiger charge is 2.28. The zero-order chi connectivity index (χ0) is 23.4. The monoisotopic (exact) mass is 465 g/mol. The molecule has 33 heavy (non-hydrogen) atoms. The summed E-state index contributed by atoms with van der Waals surface area (Å²) in [6.45, 7) is 3.29. The summed E-state index contributed by atoms with van der Waals surface area (Å²) < 4.78 is 2.18. The molecule has 0 N–H and O–H groups in total. The summed E-state index contributed by atoms with van der Waals surface area (Å²) in [6.07, 6.45) is 7.27. The van der Waals surface area contributed by atoms with E-state index in [1.807, 2.05) is 35.4 Å². The number of aryl methyl sites for hydroxylation is 1. The summed E-state index contributed by atoms with van der Waals surface area (Å²) in [6, 6.07) is 16.8. The van der Waals surface area contributed by atoms with Crippen molar-refractivity contribution in [2.24, 2.45) is 0 Å². The van der Waals surface area contributed by atoms with Crippen LogP contribution in [0.1, 0.15) is 59.3 Å². The molecule has 3 aromatic rings. The first-order valence-electron chi connectivity index (χ1n) is 11.4. The van der Waals surface area contributed by atoms with E-state index in [0.29, 0.717) is 12.1 Å². The third kappa shape index (κ3) is 5.28. The number of aromatic nitrogens is 1. The standard InChI is InChI=1S/C26H28ClN3O3/c1-19-8-5-6-9-21(19)17-28-15-7-12-23(28)18-29(22-10-3-2-4-11-22)26(31)20-13-14-24(27)25(16-20)30(32)33/h5-9,12-16,22H,2-4,10-11,17-18H2,1H3. The molecule has 1 heterocycles. The number of hydrogen-bond acceptors (Lipinski definition) is 3. The molecule has 172 valence electrons. The van der Waals surface area contributed by atoms with Crippen molar-refractivity contribution in [3.8, 4) is 0 Å². The largest absolute Gasteiger partial charge is 0.345 e. The number of nitro groups is 1. The number of benzene rings is 2. The van der Waals surface area contributed by atoms with Crippen LogP contribution in [0.4, 0.5) is 5.69 Å². The van der Waals surface area contributed by atoms with Crippen LogP contribution in [-0.2, 0) is 13.1 Å². The van der Waals surface area contributed by atoms with Crippen molar-refractivity contribution in [1.29, 1.82) is 0 Å². The maximum Gasteiger partial charge on any atom is 0.288 e. The molecule has 2 aromatic carbocycles. The first-order valence-corrected chi connectivity index (χ1v) is 11.8. The molecule has 6 nitrogen and oxygen atoms in total. The van der Waals surface area contributed by atoms with E-state index in [2.05, 4.69) is 23.6 Å². The molecule has 0 saturated heterocycles. The van der Waals surface area contributed by atoms with E-state index in [1.54, 1.807) is 6.07 Å². The fraction of sp³-hybridized carbons (Fsp3) is 0.346. The van der Waals surface area contributed by atoms with E-state index in [0.717, 1.165) is 37.9 Å². The molecular formula is C26H28ClN3O3. The minimum absolute atomic E-state index is 0.0351. The lowest BCUT2D eigenvalue weighted by Crippen LogP contribution is -2.41. The average Bonchev–Trinajstić information content (AvgIpc) is 3.26. The van der Waals surface area contributed by atoms with Gasteiger partial charge in [-0.1, -0.05) is 55.1 Å². The number of nitro benzene ring substituents is 1. The number of rotatable bonds is 7. The highest BCUT2D eigenvalue weighted by atomic mass is 35.5. The first-order chi connectivity index (χ1) is 15.9. The van der Waals surface area contributed by atoms with Gasteiger partial charge >= 0.3 is 0 Å². The summed E-state index contributed by atoms with van der Waals surface area (Å²) in [5.41, 5.74) is 3.56. The topological polar surface area (TPSA) is 68.4 Å². The van der Waals surface area contributed by atoms with Crippen LogP contribution in [0.15, 0.2) is 60.8 Å². The maximum atomic E-state index is 13.6. The van der Waals surface area contributed by atoms with Crippen LogP contribution in [0.5, 0.6) is 0 Å². The Kier molecular flexibility index (Phi) is 7.14. The Morgan fingerprint density at radius 1 is 1.12 bits per heavy atom. The van der Waals surface area contributed by atoms with Gasteiger partial charge in [0.25, 0.3) is 11.6 Å². The summed E-state index contributed by atoms with van der Waals surface area (Å²) in [5, 5.41) is 11.4. The van der Waals surface area contributed by atoms with Gasteiger partial charge in [0.1, 0.15) is 5.02 Å². The Labute approximate surface area is 198 Å². The second-order valence-electron chi connectivity index (χ2n) is 8.70. The fourth-order valence-electron chi connectivity index (χ4n) is 4.60. The second-order valence-corrected chi connectivity index (χ2v) is 9.11. The van der Waals surface area contributed by atoms with Crippen molar-refractivity contribution in [2.75, 3.05) is 0 Å². The van der Waals surface area contributed by atoms with Crippen LogP contribution in [0, 0.1) is 17.0 Å². The predicted molar refractivity (Wildman–Crippen MR) is 130 cm³/mol. The summed E-state index contributed by atoms with van der Waals surface area (Å²) in [5.74, 6) is -0.190. The maximum absolute atomic E-state index is 13.6. The van der Waals surface area contributed by atoms with E-state index in [1.165, 1.54) is 29.7 Å². The van der Waals surface area contributed by atoms with Crippen molar-refractivity contribution in [3.05, 3.63) is 98.3 Å². The predicted octanol–water partition coefficient (Wildman–Crippen LogP) is 6.38. The number of hydrogen-bond donors (Lipinski definition) is 0. The van der Waals surface area contributed by atoms with Crippen molar-refractivity contribution in [2.45, 2.75) is 58.2 Å². The molecular weight excluding hydrogens is 438 g/mol. The normalized spacial score (nSPS) is 14.2. The van der Waals surface area contributed by atoms with Crippen LogP contribution < -0.4 is 0 Å². The third-order valence-corrected chi connectivity index (χ3v) is 6.84. The summed E-state index contributed by atoms with van der Waals surface area (Å²) in [4.78, 5) is 26.3. The minimum Gasteiger partial charge on any atom is -0.345 e. The van der Waals surface area contributed by atoms with E-state index in [-0.39, 0.29) is 22.7 Å². The van der Waals surface area contributed by atoms with Gasteiger partial charge in [-0.3, -0.25) is 14.9 Å². The zero-order valence-electron chi connectivity index (χ0n) is 18.7. The quantitative estimate of drug-likeness (QED) is 0.300. The van der Waals surface area contributed by atoms with E-state index < -0.39 is 4.92 Å². The van der Waals surface area contributed by atoms with Crippen molar-refractivity contribution < 1.29 is 9.72 Å². The van der Waals surface area contributed by atoms with Gasteiger partial charge in [0, 0.05) is 36.1 Å². The molecule has 1 aliphatic carbocycles. The number of halogens is 1. The highest BCUT2D eigenvalue weighted by Crippen LogP contribution is 2.29. The Balaban J connectivity index is 1.63. The van der Waals surface area contributed by atoms with E-state index >= 15 is 0 Å². The molecule has 7 heteroatoms. The van der Waals surface area contributed by atoms with Gasteiger partial charge in [0.15, 0.2) is 0 Å². The number of nitrogens with zero attached hydrogens (tertiary/aromatic N) is 3. The number of amides is 1. The molecule has 1 aromatic heterocycles.